The number of carbonyl (C=O) groups is 1. The van der Waals surface area contributed by atoms with E-state index in [1.54, 1.807) is 13.8 Å². The van der Waals surface area contributed by atoms with Crippen LogP contribution in [0.15, 0.2) is 6.07 Å². The number of carboxylic acid groups (broad SMARTS) is 1. The molecule has 1 saturated heterocycles. The van der Waals surface area contributed by atoms with Crippen LogP contribution in [0.4, 0.5) is 5.95 Å². The van der Waals surface area contributed by atoms with E-state index in [-0.39, 0.29) is 23.1 Å². The highest BCUT2D eigenvalue weighted by Gasteiger charge is 2.38. The molecule has 2 heterocycles. The molecule has 1 aromatic rings. The normalized spacial score (nSPS) is 25.2. The molecule has 8 heteroatoms. The van der Waals surface area contributed by atoms with Crippen LogP contribution in [0, 0.1) is 6.92 Å². The molecule has 1 aromatic heterocycles. The predicted molar refractivity (Wildman–Crippen MR) is 69.0 cm³/mol. The number of carboxylic acids is 1. The van der Waals surface area contributed by atoms with Crippen molar-refractivity contribution in [3.63, 3.8) is 0 Å². The number of aromatic carboxylic acids is 1. The van der Waals surface area contributed by atoms with Crippen molar-refractivity contribution in [1.29, 1.82) is 0 Å². The summed E-state index contributed by atoms with van der Waals surface area (Å²) in [5.41, 5.74) is -0.249. The van der Waals surface area contributed by atoms with Crippen LogP contribution < -0.4 is 5.32 Å². The molecule has 19 heavy (non-hydrogen) atoms. The molecule has 0 radical (unpaired) electrons. The first-order valence-corrected chi connectivity index (χ1v) is 7.59. The summed E-state index contributed by atoms with van der Waals surface area (Å²) >= 11 is 0. The highest BCUT2D eigenvalue weighted by Crippen LogP contribution is 2.26. The number of sulfone groups is 1. The summed E-state index contributed by atoms with van der Waals surface area (Å²) < 4.78 is 23.0. The molecule has 1 aliphatic rings. The number of aromatic nitrogens is 2. The van der Waals surface area contributed by atoms with Gasteiger partial charge in [0.25, 0.3) is 0 Å². The standard InChI is InChI=1S/C11H15N3O4S/c1-7-5-8(9(15)16)13-10(12-7)14-11(2)3-4-19(17,18)6-11/h5H,3-4,6H2,1-2H3,(H,15,16)(H,12,13,14). The minimum atomic E-state index is -3.04. The molecule has 2 N–H and O–H groups in total. The van der Waals surface area contributed by atoms with Crippen LogP contribution in [0.3, 0.4) is 0 Å². The Bertz CT molecular complexity index is 629. The van der Waals surface area contributed by atoms with Gasteiger partial charge in [0, 0.05) is 5.69 Å². The van der Waals surface area contributed by atoms with E-state index in [4.69, 9.17) is 5.11 Å². The first kappa shape index (κ1) is 13.7. The summed E-state index contributed by atoms with van der Waals surface area (Å²) in [4.78, 5) is 18.9. The SMILES string of the molecule is Cc1cc(C(=O)O)nc(NC2(C)CCS(=O)(=O)C2)n1. The van der Waals surface area contributed by atoms with Crippen LogP contribution in [0.2, 0.25) is 0 Å². The maximum absolute atomic E-state index is 11.5. The molecular formula is C11H15N3O4S. The molecule has 0 aliphatic carbocycles. The van der Waals surface area contributed by atoms with Gasteiger partial charge in [-0.2, -0.15) is 0 Å². The Morgan fingerprint density at radius 3 is 2.68 bits per heavy atom. The maximum Gasteiger partial charge on any atom is 0.354 e. The number of nitrogens with one attached hydrogen (secondary N) is 1. The Hall–Kier alpha value is -1.70. The van der Waals surface area contributed by atoms with E-state index in [0.29, 0.717) is 12.1 Å². The van der Waals surface area contributed by atoms with Crippen molar-refractivity contribution < 1.29 is 18.3 Å². The highest BCUT2D eigenvalue weighted by molar-refractivity contribution is 7.91. The molecule has 1 atom stereocenters. The number of hydrogen-bond acceptors (Lipinski definition) is 6. The van der Waals surface area contributed by atoms with Crippen molar-refractivity contribution in [2.75, 3.05) is 16.8 Å². The minimum Gasteiger partial charge on any atom is -0.477 e. The van der Waals surface area contributed by atoms with Gasteiger partial charge >= 0.3 is 5.97 Å². The largest absolute Gasteiger partial charge is 0.477 e. The molecule has 104 valence electrons. The minimum absolute atomic E-state index is 0.000291. The molecule has 7 nitrogen and oxygen atoms in total. The second-order valence-electron chi connectivity index (χ2n) is 5.05. The van der Waals surface area contributed by atoms with Crippen molar-refractivity contribution in [3.8, 4) is 0 Å². The van der Waals surface area contributed by atoms with Gasteiger partial charge in [-0.15, -0.1) is 0 Å². The van der Waals surface area contributed by atoms with Gasteiger partial charge in [0.15, 0.2) is 15.5 Å². The summed E-state index contributed by atoms with van der Waals surface area (Å²) in [6.45, 7) is 3.43. The van der Waals surface area contributed by atoms with E-state index in [1.807, 2.05) is 0 Å². The van der Waals surface area contributed by atoms with Crippen LogP contribution in [-0.2, 0) is 9.84 Å². The van der Waals surface area contributed by atoms with Crippen LogP contribution in [-0.4, -0.2) is 46.5 Å². The molecule has 0 bridgehead atoms. The average Bonchev–Trinajstić information content (AvgIpc) is 2.51. The van der Waals surface area contributed by atoms with E-state index in [0.717, 1.165) is 0 Å². The second kappa shape index (κ2) is 4.44. The summed E-state index contributed by atoms with van der Waals surface area (Å²) in [7, 11) is -3.04. The van der Waals surface area contributed by atoms with Crippen molar-refractivity contribution in [2.24, 2.45) is 0 Å². The summed E-state index contributed by atoms with van der Waals surface area (Å²) in [5, 5.41) is 11.9. The Kier molecular flexibility index (Phi) is 3.21. The van der Waals surface area contributed by atoms with E-state index in [2.05, 4.69) is 15.3 Å². The quantitative estimate of drug-likeness (QED) is 0.830. The topological polar surface area (TPSA) is 109 Å². The summed E-state index contributed by atoms with van der Waals surface area (Å²) in [6.07, 6.45) is 0.453. The highest BCUT2D eigenvalue weighted by atomic mass is 32.2. The fourth-order valence-electron chi connectivity index (χ4n) is 2.11. The lowest BCUT2D eigenvalue weighted by molar-refractivity contribution is 0.0690. The first-order chi connectivity index (χ1) is 8.69. The van der Waals surface area contributed by atoms with Crippen molar-refractivity contribution >= 4 is 21.8 Å². The molecule has 2 rings (SSSR count). The van der Waals surface area contributed by atoms with Gasteiger partial charge in [0.2, 0.25) is 5.95 Å². The van der Waals surface area contributed by atoms with E-state index in [1.165, 1.54) is 6.07 Å². The zero-order chi connectivity index (χ0) is 14.3. The first-order valence-electron chi connectivity index (χ1n) is 5.77. The van der Waals surface area contributed by atoms with Crippen LogP contribution >= 0.6 is 0 Å². The van der Waals surface area contributed by atoms with Crippen molar-refractivity contribution in [1.82, 2.24) is 9.97 Å². The van der Waals surface area contributed by atoms with Crippen molar-refractivity contribution in [2.45, 2.75) is 25.8 Å². The third-order valence-corrected chi connectivity index (χ3v) is 4.89. The second-order valence-corrected chi connectivity index (χ2v) is 7.24. The zero-order valence-electron chi connectivity index (χ0n) is 10.7. The zero-order valence-corrected chi connectivity index (χ0v) is 11.5. The average molecular weight is 285 g/mol. The Morgan fingerprint density at radius 1 is 1.47 bits per heavy atom. The van der Waals surface area contributed by atoms with E-state index < -0.39 is 21.3 Å². The van der Waals surface area contributed by atoms with E-state index >= 15 is 0 Å². The molecule has 0 saturated carbocycles. The lowest BCUT2D eigenvalue weighted by Crippen LogP contribution is -2.36. The van der Waals surface area contributed by atoms with Gasteiger partial charge in [-0.1, -0.05) is 0 Å². The molecule has 1 fully saturated rings. The van der Waals surface area contributed by atoms with Gasteiger partial charge < -0.3 is 10.4 Å². The molecule has 0 aromatic carbocycles. The summed E-state index contributed by atoms with van der Waals surface area (Å²) in [6, 6.07) is 1.36. The number of nitrogens with zero attached hydrogens (tertiary/aromatic N) is 2. The Labute approximate surface area is 111 Å². The molecule has 0 spiro atoms. The lowest BCUT2D eigenvalue weighted by atomic mass is 10.0. The van der Waals surface area contributed by atoms with Gasteiger partial charge in [-0.3, -0.25) is 0 Å². The Morgan fingerprint density at radius 2 is 2.16 bits per heavy atom. The maximum atomic E-state index is 11.5. The van der Waals surface area contributed by atoms with Gasteiger partial charge in [0.1, 0.15) is 0 Å². The monoisotopic (exact) mass is 285 g/mol. The van der Waals surface area contributed by atoms with Gasteiger partial charge in [-0.25, -0.2) is 23.2 Å². The fourth-order valence-corrected chi connectivity index (χ4v) is 4.21. The lowest BCUT2D eigenvalue weighted by Gasteiger charge is -2.23. The van der Waals surface area contributed by atoms with Gasteiger partial charge in [-0.05, 0) is 26.3 Å². The number of rotatable bonds is 3. The smallest absolute Gasteiger partial charge is 0.354 e. The van der Waals surface area contributed by atoms with Crippen LogP contribution in [0.1, 0.15) is 29.5 Å². The Balaban J connectivity index is 2.27. The number of hydrogen-bond donors (Lipinski definition) is 2. The predicted octanol–water partition coefficient (Wildman–Crippen LogP) is 0.472. The van der Waals surface area contributed by atoms with Crippen LogP contribution in [0.25, 0.3) is 0 Å². The van der Waals surface area contributed by atoms with E-state index in [9.17, 15) is 13.2 Å². The number of anilines is 1. The summed E-state index contributed by atoms with van der Waals surface area (Å²) in [5.74, 6) is -0.872. The molecule has 1 aliphatic heterocycles. The molecule has 0 amide bonds. The molecule has 1 unspecified atom stereocenters. The van der Waals surface area contributed by atoms with Gasteiger partial charge in [0.05, 0.1) is 17.0 Å². The van der Waals surface area contributed by atoms with Crippen molar-refractivity contribution in [3.05, 3.63) is 17.5 Å². The number of aryl methyl sites for hydroxylation is 1. The van der Waals surface area contributed by atoms with Crippen LogP contribution in [0.5, 0.6) is 0 Å². The fraction of sp³-hybridized carbons (Fsp3) is 0.545. The third kappa shape index (κ3) is 3.19. The third-order valence-electron chi connectivity index (χ3n) is 2.99. The molecular weight excluding hydrogens is 270 g/mol.